The number of carbonyl (C=O) groups is 1. The Morgan fingerprint density at radius 2 is 1.72 bits per heavy atom. The number of rotatable bonds is 5. The molecule has 0 aromatic heterocycles. The highest BCUT2D eigenvalue weighted by atomic mass is 32.1. The molecule has 0 rings (SSSR count). The minimum atomic E-state index is -4.43. The number of hydrogen-bond acceptors (Lipinski definition) is 2. The Balaban J connectivity index is 5.12. The summed E-state index contributed by atoms with van der Waals surface area (Å²) in [4.78, 5) is 12.8. The number of nitrogens with two attached hydrogens (primary N) is 1. The first-order chi connectivity index (χ1) is 7.97. The van der Waals surface area contributed by atoms with Gasteiger partial charge < -0.3 is 10.6 Å². The molecule has 2 N–H and O–H groups in total. The van der Waals surface area contributed by atoms with Gasteiger partial charge in [-0.2, -0.15) is 13.2 Å². The van der Waals surface area contributed by atoms with Crippen molar-refractivity contribution in [3.63, 3.8) is 0 Å². The maximum Gasteiger partial charge on any atom is 0.406 e. The van der Waals surface area contributed by atoms with Crippen molar-refractivity contribution < 1.29 is 18.0 Å². The van der Waals surface area contributed by atoms with Crippen LogP contribution in [-0.4, -0.2) is 34.6 Å². The van der Waals surface area contributed by atoms with E-state index in [2.05, 4.69) is 0 Å². The fourth-order valence-corrected chi connectivity index (χ4v) is 2.00. The van der Waals surface area contributed by atoms with Crippen LogP contribution in [0.2, 0.25) is 0 Å². The van der Waals surface area contributed by atoms with Gasteiger partial charge in [-0.25, -0.2) is 0 Å². The first-order valence-corrected chi connectivity index (χ1v) is 6.04. The topological polar surface area (TPSA) is 46.3 Å². The van der Waals surface area contributed by atoms with Crippen LogP contribution in [0.1, 0.15) is 27.7 Å². The van der Waals surface area contributed by atoms with Gasteiger partial charge >= 0.3 is 6.18 Å². The number of nitrogens with zero attached hydrogens (tertiary/aromatic N) is 1. The summed E-state index contributed by atoms with van der Waals surface area (Å²) in [6, 6.07) is -0.560. The SMILES string of the molecule is CC(C)C(C(=O)N(CC(F)(F)F)C(C)C)C(N)=S. The predicted molar refractivity (Wildman–Crippen MR) is 68.0 cm³/mol. The highest BCUT2D eigenvalue weighted by Gasteiger charge is 2.38. The molecule has 0 heterocycles. The van der Waals surface area contributed by atoms with Gasteiger partial charge in [0.15, 0.2) is 0 Å². The maximum atomic E-state index is 12.4. The molecule has 0 saturated heterocycles. The van der Waals surface area contributed by atoms with Crippen molar-refractivity contribution in [2.45, 2.75) is 39.9 Å². The summed E-state index contributed by atoms with van der Waals surface area (Å²) >= 11 is 4.77. The van der Waals surface area contributed by atoms with E-state index in [0.29, 0.717) is 0 Å². The maximum absolute atomic E-state index is 12.4. The number of halogens is 3. The minimum absolute atomic E-state index is 0.0668. The zero-order valence-electron chi connectivity index (χ0n) is 10.9. The Kier molecular flexibility index (Phi) is 6.06. The van der Waals surface area contributed by atoms with E-state index >= 15 is 0 Å². The summed E-state index contributed by atoms with van der Waals surface area (Å²) in [5, 5.41) is 0. The third-order valence-corrected chi connectivity index (χ3v) is 2.75. The summed E-state index contributed by atoms with van der Waals surface area (Å²) in [7, 11) is 0. The van der Waals surface area contributed by atoms with Gasteiger partial charge in [0.05, 0.1) is 10.9 Å². The van der Waals surface area contributed by atoms with Gasteiger partial charge in [0.2, 0.25) is 5.91 Å². The Labute approximate surface area is 111 Å². The van der Waals surface area contributed by atoms with Crippen LogP contribution in [0.3, 0.4) is 0 Å². The number of carbonyl (C=O) groups excluding carboxylic acids is 1. The monoisotopic (exact) mass is 284 g/mol. The quantitative estimate of drug-likeness (QED) is 0.788. The number of hydrogen-bond donors (Lipinski definition) is 1. The standard InChI is InChI=1S/C11H19F3N2OS/c1-6(2)8(9(15)18)10(17)16(7(3)4)5-11(12,13)14/h6-8H,5H2,1-4H3,(H2,15,18). The van der Waals surface area contributed by atoms with Crippen LogP contribution < -0.4 is 5.73 Å². The van der Waals surface area contributed by atoms with Crippen molar-refractivity contribution in [2.75, 3.05) is 6.54 Å². The summed E-state index contributed by atoms with van der Waals surface area (Å²) in [5.74, 6) is -1.75. The molecular weight excluding hydrogens is 265 g/mol. The van der Waals surface area contributed by atoms with E-state index in [4.69, 9.17) is 18.0 Å². The van der Waals surface area contributed by atoms with Gasteiger partial charge in [0.1, 0.15) is 6.54 Å². The lowest BCUT2D eigenvalue weighted by atomic mass is 9.94. The molecule has 7 heteroatoms. The predicted octanol–water partition coefficient (Wildman–Crippen LogP) is 2.34. The average Bonchev–Trinajstić information content (AvgIpc) is 2.10. The molecule has 0 radical (unpaired) electrons. The van der Waals surface area contributed by atoms with Crippen LogP contribution in [0.25, 0.3) is 0 Å². The van der Waals surface area contributed by atoms with Crippen LogP contribution in [0.15, 0.2) is 0 Å². The second-order valence-corrected chi connectivity index (χ2v) is 5.27. The number of amides is 1. The molecule has 0 fully saturated rings. The highest BCUT2D eigenvalue weighted by Crippen LogP contribution is 2.22. The highest BCUT2D eigenvalue weighted by molar-refractivity contribution is 7.80. The van der Waals surface area contributed by atoms with Gasteiger partial charge in [-0.3, -0.25) is 4.79 Å². The lowest BCUT2D eigenvalue weighted by molar-refractivity contribution is -0.166. The van der Waals surface area contributed by atoms with Crippen molar-refractivity contribution in [3.8, 4) is 0 Å². The van der Waals surface area contributed by atoms with Crippen LogP contribution in [-0.2, 0) is 4.79 Å². The summed E-state index contributed by atoms with van der Waals surface area (Å²) in [6.45, 7) is 5.18. The van der Waals surface area contributed by atoms with Gasteiger partial charge in [-0.1, -0.05) is 26.1 Å². The molecule has 1 atom stereocenters. The Bertz CT molecular complexity index is 316. The van der Waals surface area contributed by atoms with Crippen LogP contribution >= 0.6 is 12.2 Å². The van der Waals surface area contributed by atoms with E-state index in [1.54, 1.807) is 13.8 Å². The van der Waals surface area contributed by atoms with E-state index in [9.17, 15) is 18.0 Å². The fraction of sp³-hybridized carbons (Fsp3) is 0.818. The lowest BCUT2D eigenvalue weighted by Gasteiger charge is -2.32. The molecular formula is C11H19F3N2OS. The zero-order valence-corrected chi connectivity index (χ0v) is 11.7. The zero-order chi connectivity index (χ0) is 14.7. The van der Waals surface area contributed by atoms with Gasteiger partial charge in [-0.15, -0.1) is 0 Å². The summed E-state index contributed by atoms with van der Waals surface area (Å²) in [5.41, 5.74) is 5.44. The molecule has 0 aromatic rings. The molecule has 106 valence electrons. The van der Waals surface area contributed by atoms with Crippen molar-refractivity contribution in [1.82, 2.24) is 4.90 Å². The van der Waals surface area contributed by atoms with E-state index in [0.717, 1.165) is 4.90 Å². The van der Waals surface area contributed by atoms with Crippen molar-refractivity contribution in [2.24, 2.45) is 17.6 Å². The Morgan fingerprint density at radius 1 is 1.28 bits per heavy atom. The van der Waals surface area contributed by atoms with Crippen molar-refractivity contribution >= 4 is 23.1 Å². The summed E-state index contributed by atoms with van der Waals surface area (Å²) < 4.78 is 37.3. The van der Waals surface area contributed by atoms with Crippen LogP contribution in [0, 0.1) is 11.8 Å². The van der Waals surface area contributed by atoms with Gasteiger partial charge in [-0.05, 0) is 19.8 Å². The molecule has 0 aliphatic carbocycles. The Morgan fingerprint density at radius 3 is 1.94 bits per heavy atom. The number of alkyl halides is 3. The molecule has 18 heavy (non-hydrogen) atoms. The molecule has 0 saturated carbocycles. The lowest BCUT2D eigenvalue weighted by Crippen LogP contribution is -2.49. The molecule has 1 unspecified atom stereocenters. The first-order valence-electron chi connectivity index (χ1n) is 5.64. The normalized spacial score (nSPS) is 13.8. The smallest absolute Gasteiger partial charge is 0.393 e. The Hall–Kier alpha value is -0.850. The van der Waals surface area contributed by atoms with Crippen molar-refractivity contribution in [1.29, 1.82) is 0 Å². The van der Waals surface area contributed by atoms with Crippen LogP contribution in [0.5, 0.6) is 0 Å². The molecule has 0 bridgehead atoms. The summed E-state index contributed by atoms with van der Waals surface area (Å²) in [6.07, 6.45) is -4.43. The largest absolute Gasteiger partial charge is 0.406 e. The average molecular weight is 284 g/mol. The minimum Gasteiger partial charge on any atom is -0.393 e. The molecule has 0 spiro atoms. The third kappa shape index (κ3) is 5.20. The second kappa shape index (κ2) is 6.36. The number of thiocarbonyl (C=S) groups is 1. The van der Waals surface area contributed by atoms with E-state index in [1.807, 2.05) is 0 Å². The third-order valence-electron chi connectivity index (χ3n) is 2.50. The molecule has 0 aliphatic heterocycles. The first kappa shape index (κ1) is 17.2. The van der Waals surface area contributed by atoms with E-state index in [1.165, 1.54) is 13.8 Å². The molecule has 0 aromatic carbocycles. The van der Waals surface area contributed by atoms with Gasteiger partial charge in [0.25, 0.3) is 0 Å². The molecule has 1 amide bonds. The van der Waals surface area contributed by atoms with E-state index in [-0.39, 0.29) is 10.9 Å². The molecule has 0 aliphatic rings. The van der Waals surface area contributed by atoms with E-state index < -0.39 is 30.6 Å². The fourth-order valence-electron chi connectivity index (χ4n) is 1.62. The molecule has 3 nitrogen and oxygen atoms in total. The van der Waals surface area contributed by atoms with Crippen LogP contribution in [0.4, 0.5) is 13.2 Å². The van der Waals surface area contributed by atoms with Crippen molar-refractivity contribution in [3.05, 3.63) is 0 Å². The second-order valence-electron chi connectivity index (χ2n) is 4.80. The van der Waals surface area contributed by atoms with Gasteiger partial charge in [0, 0.05) is 6.04 Å².